The lowest BCUT2D eigenvalue weighted by molar-refractivity contribution is -0.128. The number of alkyl halides is 1. The van der Waals surface area contributed by atoms with Gasteiger partial charge in [0, 0.05) is 84.4 Å². The molecule has 224 valence electrons. The van der Waals surface area contributed by atoms with Crippen molar-refractivity contribution in [3.8, 4) is 11.1 Å². The molecular weight excluding hydrogens is 565 g/mol. The molecule has 0 aliphatic carbocycles. The van der Waals surface area contributed by atoms with E-state index in [0.717, 1.165) is 43.4 Å². The van der Waals surface area contributed by atoms with E-state index in [-0.39, 0.29) is 29.7 Å². The number of carbonyl (C=O) groups is 1. The summed E-state index contributed by atoms with van der Waals surface area (Å²) < 4.78 is 17.5. The van der Waals surface area contributed by atoms with Crippen LogP contribution < -0.4 is 10.6 Å². The Morgan fingerprint density at radius 3 is 2.70 bits per heavy atom. The Bertz CT molecular complexity index is 1850. The normalized spacial score (nSPS) is 22.8. The van der Waals surface area contributed by atoms with Gasteiger partial charge in [-0.25, -0.2) is 9.18 Å². The smallest absolute Gasteiger partial charge is 0.349 e. The number of amides is 1. The van der Waals surface area contributed by atoms with Crippen molar-refractivity contribution in [1.29, 1.82) is 0 Å². The first kappa shape index (κ1) is 28.1. The second-order valence-electron chi connectivity index (χ2n) is 12.2. The fourth-order valence-electron chi connectivity index (χ4n) is 7.14. The summed E-state index contributed by atoms with van der Waals surface area (Å²) in [5.74, 6) is 1.27. The first-order chi connectivity index (χ1) is 20.7. The van der Waals surface area contributed by atoms with Crippen molar-refractivity contribution < 1.29 is 9.18 Å². The van der Waals surface area contributed by atoms with Crippen molar-refractivity contribution in [2.45, 2.75) is 50.0 Å². The number of fused-ring (bicyclic) bond motifs is 1. The summed E-state index contributed by atoms with van der Waals surface area (Å²) in [6, 6.07) is 8.19. The molecule has 0 radical (unpaired) electrons. The van der Waals surface area contributed by atoms with Crippen LogP contribution in [-0.2, 0) is 11.8 Å². The Morgan fingerprint density at radius 1 is 1.16 bits per heavy atom. The molecule has 3 atom stereocenters. The average molecular weight is 602 g/mol. The maximum atomic E-state index is 14.1. The predicted octanol–water partition coefficient (Wildman–Crippen LogP) is 4.17. The van der Waals surface area contributed by atoms with E-state index in [4.69, 9.17) is 4.98 Å². The number of thioether (sulfide) groups is 1. The van der Waals surface area contributed by atoms with Gasteiger partial charge in [-0.2, -0.15) is 10.1 Å². The molecule has 7 rings (SSSR count). The number of piperazine rings is 1. The SMILES string of the molecule is C=CC(=O)N1C[C@H](C)N(c2nc(=O)n3c4c(c(-c5cccc6cnn(C)c56)c(C)cc24)SCC3CN2CC(F)C2)C[C@H]1C. The second kappa shape index (κ2) is 10.5. The van der Waals surface area contributed by atoms with E-state index in [1.54, 1.807) is 11.8 Å². The van der Waals surface area contributed by atoms with E-state index < -0.39 is 6.17 Å². The molecule has 2 aromatic heterocycles. The first-order valence-electron chi connectivity index (χ1n) is 14.9. The number of carbonyl (C=O) groups excluding carboxylic acids is 1. The molecule has 4 aromatic rings. The van der Waals surface area contributed by atoms with Crippen LogP contribution in [0.25, 0.3) is 32.9 Å². The average Bonchev–Trinajstić information content (AvgIpc) is 3.36. The quantitative estimate of drug-likeness (QED) is 0.318. The lowest BCUT2D eigenvalue weighted by atomic mass is 9.95. The van der Waals surface area contributed by atoms with Crippen LogP contribution in [0.2, 0.25) is 0 Å². The van der Waals surface area contributed by atoms with E-state index in [0.29, 0.717) is 44.3 Å². The van der Waals surface area contributed by atoms with E-state index in [9.17, 15) is 14.0 Å². The van der Waals surface area contributed by atoms with Crippen LogP contribution in [0, 0.1) is 6.92 Å². The van der Waals surface area contributed by atoms with Crippen molar-refractivity contribution in [2.75, 3.05) is 43.4 Å². The summed E-state index contributed by atoms with van der Waals surface area (Å²) in [5.41, 5.74) is 4.93. The van der Waals surface area contributed by atoms with Crippen LogP contribution in [0.1, 0.15) is 25.5 Å². The van der Waals surface area contributed by atoms with E-state index in [1.165, 1.54) is 6.08 Å². The standard InChI is InChI=1S/C32H36FN7O2S/c1-6-26(41)38-12-20(4)39(13-19(38)3)31-25-10-18(2)27(24-9-7-8-21-11-34-36(5)28(21)24)30-29(25)40(32(42)35-31)23(17-43-30)16-37-14-22(33)15-37/h6-11,19-20,22-23H,1,12-17H2,2-5H3/t19-,20+,23?/m1/s1. The third-order valence-corrected chi connectivity index (χ3v) is 10.5. The van der Waals surface area contributed by atoms with Gasteiger partial charge in [0.25, 0.3) is 0 Å². The van der Waals surface area contributed by atoms with Crippen LogP contribution in [0.4, 0.5) is 10.2 Å². The Labute approximate surface area is 253 Å². The van der Waals surface area contributed by atoms with Gasteiger partial charge < -0.3 is 9.80 Å². The minimum Gasteiger partial charge on any atom is -0.349 e. The van der Waals surface area contributed by atoms with Gasteiger partial charge in [-0.1, -0.05) is 24.8 Å². The maximum Gasteiger partial charge on any atom is 0.350 e. The summed E-state index contributed by atoms with van der Waals surface area (Å²) in [7, 11) is 1.96. The molecule has 2 aromatic carbocycles. The molecule has 1 unspecified atom stereocenters. The maximum absolute atomic E-state index is 14.1. The molecule has 0 spiro atoms. The zero-order chi connectivity index (χ0) is 30.2. The number of nitrogens with zero attached hydrogens (tertiary/aromatic N) is 7. The van der Waals surface area contributed by atoms with Crippen molar-refractivity contribution >= 4 is 45.3 Å². The van der Waals surface area contributed by atoms with Gasteiger partial charge >= 0.3 is 5.69 Å². The molecule has 3 aliphatic rings. The number of aryl methyl sites for hydroxylation is 2. The number of hydrogen-bond donors (Lipinski definition) is 0. The van der Waals surface area contributed by atoms with E-state index in [1.807, 2.05) is 34.3 Å². The number of aromatic nitrogens is 4. The molecule has 43 heavy (non-hydrogen) atoms. The van der Waals surface area contributed by atoms with Crippen LogP contribution >= 0.6 is 11.8 Å². The second-order valence-corrected chi connectivity index (χ2v) is 13.2. The van der Waals surface area contributed by atoms with Gasteiger partial charge in [0.1, 0.15) is 12.0 Å². The highest BCUT2D eigenvalue weighted by Gasteiger charge is 2.37. The summed E-state index contributed by atoms with van der Waals surface area (Å²) >= 11 is 1.77. The predicted molar refractivity (Wildman–Crippen MR) is 170 cm³/mol. The minimum atomic E-state index is -0.801. The summed E-state index contributed by atoms with van der Waals surface area (Å²) in [6.45, 7) is 12.4. The van der Waals surface area contributed by atoms with Gasteiger partial charge in [0.2, 0.25) is 5.91 Å². The molecule has 1 amide bonds. The Hall–Kier alpha value is -3.70. The largest absolute Gasteiger partial charge is 0.350 e. The molecule has 2 fully saturated rings. The minimum absolute atomic E-state index is 0.0494. The Morgan fingerprint density at radius 2 is 1.95 bits per heavy atom. The highest BCUT2D eigenvalue weighted by atomic mass is 32.2. The third-order valence-electron chi connectivity index (χ3n) is 9.25. The summed E-state index contributed by atoms with van der Waals surface area (Å²) in [6.07, 6.45) is 2.44. The van der Waals surface area contributed by atoms with E-state index in [2.05, 4.69) is 59.6 Å². The monoisotopic (exact) mass is 601 g/mol. The first-order valence-corrected chi connectivity index (χ1v) is 15.8. The molecular formula is C32H36FN7O2S. The Balaban J connectivity index is 1.45. The van der Waals surface area contributed by atoms with Crippen LogP contribution in [0.5, 0.6) is 0 Å². The molecule has 0 saturated carbocycles. The number of para-hydroxylation sites is 1. The molecule has 3 aliphatic heterocycles. The third kappa shape index (κ3) is 4.47. The van der Waals surface area contributed by atoms with Gasteiger partial charge in [-0.05, 0) is 38.5 Å². The van der Waals surface area contributed by atoms with Gasteiger partial charge in [0.15, 0.2) is 0 Å². The fraction of sp³-hybridized carbons (Fsp3) is 0.438. The number of hydrogen-bond acceptors (Lipinski definition) is 7. The lowest BCUT2D eigenvalue weighted by Crippen LogP contribution is -2.58. The topological polar surface area (TPSA) is 79.5 Å². The van der Waals surface area contributed by atoms with Crippen molar-refractivity contribution in [3.63, 3.8) is 0 Å². The Kier molecular flexibility index (Phi) is 6.85. The van der Waals surface area contributed by atoms with Crippen molar-refractivity contribution in [2.24, 2.45) is 7.05 Å². The van der Waals surface area contributed by atoms with Crippen molar-refractivity contribution in [3.05, 3.63) is 59.2 Å². The van der Waals surface area contributed by atoms with Crippen molar-refractivity contribution in [1.82, 2.24) is 29.1 Å². The summed E-state index contributed by atoms with van der Waals surface area (Å²) in [4.78, 5) is 38.5. The van der Waals surface area contributed by atoms with E-state index >= 15 is 0 Å². The molecule has 0 N–H and O–H groups in total. The zero-order valence-corrected chi connectivity index (χ0v) is 25.8. The van der Waals surface area contributed by atoms with Gasteiger partial charge in [-0.3, -0.25) is 18.9 Å². The van der Waals surface area contributed by atoms with Crippen LogP contribution in [0.3, 0.4) is 0 Å². The number of likely N-dealkylation sites (tertiary alicyclic amines) is 1. The van der Waals surface area contributed by atoms with Gasteiger partial charge in [0.05, 0.1) is 23.3 Å². The molecule has 5 heterocycles. The molecule has 0 bridgehead atoms. The summed E-state index contributed by atoms with van der Waals surface area (Å²) in [5, 5.41) is 6.52. The molecule has 2 saturated heterocycles. The highest BCUT2D eigenvalue weighted by molar-refractivity contribution is 7.99. The fourth-order valence-corrected chi connectivity index (χ4v) is 8.52. The number of rotatable bonds is 5. The lowest BCUT2D eigenvalue weighted by Gasteiger charge is -2.45. The number of halogens is 1. The highest BCUT2D eigenvalue weighted by Crippen LogP contribution is 2.47. The van der Waals surface area contributed by atoms with Gasteiger partial charge in [-0.15, -0.1) is 11.8 Å². The number of anilines is 1. The molecule has 11 heteroatoms. The van der Waals surface area contributed by atoms with Crippen LogP contribution in [0.15, 0.2) is 52.8 Å². The zero-order valence-electron chi connectivity index (χ0n) is 25.0. The number of benzene rings is 2. The molecule has 9 nitrogen and oxygen atoms in total. The van der Waals surface area contributed by atoms with Crippen LogP contribution in [-0.4, -0.2) is 91.8 Å².